The maximum atomic E-state index is 13.2. The molecule has 0 aromatic heterocycles. The van der Waals surface area contributed by atoms with E-state index in [9.17, 15) is 19.2 Å². The Balaban J connectivity index is 1.59. The van der Waals surface area contributed by atoms with Gasteiger partial charge in [-0.3, -0.25) is 19.7 Å². The van der Waals surface area contributed by atoms with Crippen molar-refractivity contribution < 1.29 is 28.7 Å². The van der Waals surface area contributed by atoms with Crippen LogP contribution in [0.3, 0.4) is 0 Å². The number of nitrogens with one attached hydrogen (secondary N) is 2. The highest BCUT2D eigenvalue weighted by Gasteiger charge is 2.37. The van der Waals surface area contributed by atoms with Gasteiger partial charge in [-0.25, -0.2) is 9.69 Å². The van der Waals surface area contributed by atoms with Crippen LogP contribution in [0.2, 0.25) is 15.1 Å². The molecule has 0 unspecified atom stereocenters. The minimum Gasteiger partial charge on any atom is -0.490 e. The molecule has 0 atom stereocenters. The summed E-state index contributed by atoms with van der Waals surface area (Å²) in [4.78, 5) is 51.6. The Bertz CT molecular complexity index is 1560. The van der Waals surface area contributed by atoms with Crippen LogP contribution in [0.4, 0.5) is 16.2 Å². The number of anilines is 2. The summed E-state index contributed by atoms with van der Waals surface area (Å²) in [5, 5.41) is 5.59. The van der Waals surface area contributed by atoms with Gasteiger partial charge in [-0.1, -0.05) is 46.9 Å². The molecule has 0 aliphatic carbocycles. The molecule has 0 spiro atoms. The van der Waals surface area contributed by atoms with E-state index >= 15 is 0 Å². The predicted molar refractivity (Wildman–Crippen MR) is 161 cm³/mol. The third-order valence-corrected chi connectivity index (χ3v) is 7.27. The minimum absolute atomic E-state index is 0.134. The van der Waals surface area contributed by atoms with Crippen molar-refractivity contribution in [2.45, 2.75) is 6.92 Å². The molecule has 40 heavy (non-hydrogen) atoms. The molecule has 0 saturated carbocycles. The average Bonchev–Trinajstić information content (AvgIpc) is 2.89. The van der Waals surface area contributed by atoms with Crippen molar-refractivity contribution in [3.05, 3.63) is 84.4 Å². The molecule has 0 bridgehead atoms. The fraction of sp³-hybridized carbons (Fsp3) is 0.111. The molecule has 206 valence electrons. The fourth-order valence-corrected chi connectivity index (χ4v) is 4.90. The summed E-state index contributed by atoms with van der Waals surface area (Å²) in [5.41, 5.74) is 0.710. The number of carbonyl (C=O) groups is 4. The number of barbiturate groups is 1. The van der Waals surface area contributed by atoms with E-state index in [4.69, 9.17) is 44.3 Å². The topological polar surface area (TPSA) is 114 Å². The zero-order valence-corrected chi connectivity index (χ0v) is 25.0. The number of hydrogen-bond acceptors (Lipinski definition) is 6. The zero-order valence-electron chi connectivity index (χ0n) is 20.6. The quantitative estimate of drug-likeness (QED) is 0.160. The smallest absolute Gasteiger partial charge is 0.335 e. The van der Waals surface area contributed by atoms with Gasteiger partial charge in [-0.2, -0.15) is 0 Å². The Morgan fingerprint density at radius 2 is 1.75 bits per heavy atom. The number of halogens is 4. The molecular formula is C27H19Cl3IN3O6. The van der Waals surface area contributed by atoms with Gasteiger partial charge in [0.05, 0.1) is 36.6 Å². The van der Waals surface area contributed by atoms with Crippen molar-refractivity contribution in [3.63, 3.8) is 0 Å². The van der Waals surface area contributed by atoms with Crippen molar-refractivity contribution in [2.24, 2.45) is 0 Å². The van der Waals surface area contributed by atoms with Crippen LogP contribution in [0, 0.1) is 3.57 Å². The lowest BCUT2D eigenvalue weighted by molar-refractivity contribution is -0.122. The van der Waals surface area contributed by atoms with Gasteiger partial charge >= 0.3 is 6.03 Å². The van der Waals surface area contributed by atoms with Crippen molar-refractivity contribution in [2.75, 3.05) is 23.4 Å². The third-order valence-electron chi connectivity index (χ3n) is 5.40. The molecule has 1 aliphatic heterocycles. The molecule has 4 rings (SSSR count). The maximum absolute atomic E-state index is 13.2. The Kier molecular flexibility index (Phi) is 9.56. The molecule has 5 amide bonds. The Morgan fingerprint density at radius 3 is 2.45 bits per heavy atom. The van der Waals surface area contributed by atoms with E-state index in [2.05, 4.69) is 10.6 Å². The maximum Gasteiger partial charge on any atom is 0.335 e. The number of urea groups is 1. The molecule has 1 aliphatic rings. The first-order valence-electron chi connectivity index (χ1n) is 11.6. The van der Waals surface area contributed by atoms with Gasteiger partial charge in [0.1, 0.15) is 5.57 Å². The summed E-state index contributed by atoms with van der Waals surface area (Å²) in [6, 6.07) is 13.3. The van der Waals surface area contributed by atoms with Crippen LogP contribution in [0.1, 0.15) is 12.5 Å². The van der Waals surface area contributed by atoms with Crippen molar-refractivity contribution in [1.29, 1.82) is 0 Å². The summed E-state index contributed by atoms with van der Waals surface area (Å²) in [7, 11) is 0. The minimum atomic E-state index is -0.922. The van der Waals surface area contributed by atoms with E-state index in [0.717, 1.165) is 4.90 Å². The van der Waals surface area contributed by atoms with Gasteiger partial charge in [0, 0.05) is 0 Å². The van der Waals surface area contributed by atoms with E-state index in [1.54, 1.807) is 43.3 Å². The standard InChI is InChI=1S/C27H19Cl3IN3O6/c1-2-39-22-11-14(10-20(31)24(22)40-13-23(35)32-21-6-4-3-5-18(21)29)9-16-25(36)33-27(38)34(26(16)37)15-7-8-17(28)19(30)12-15/h3-12H,2,13H2,1H3,(H,32,35)(H,33,36,38)/b16-9-. The SMILES string of the molecule is CCOc1cc(/C=C2/C(=O)NC(=O)N(c3ccc(Cl)c(Cl)c3)C2=O)cc(I)c1OCC(=O)Nc1ccccc1Cl. The van der Waals surface area contributed by atoms with Gasteiger partial charge in [-0.15, -0.1) is 0 Å². The predicted octanol–water partition coefficient (Wildman–Crippen LogP) is 6.33. The zero-order chi connectivity index (χ0) is 29.0. The summed E-state index contributed by atoms with van der Waals surface area (Å²) in [5.74, 6) is -1.57. The third kappa shape index (κ3) is 6.69. The number of nitrogens with zero attached hydrogens (tertiary/aromatic N) is 1. The molecular weight excluding hydrogens is 696 g/mol. The lowest BCUT2D eigenvalue weighted by atomic mass is 10.1. The first kappa shape index (κ1) is 29.7. The lowest BCUT2D eigenvalue weighted by Crippen LogP contribution is -2.54. The summed E-state index contributed by atoms with van der Waals surface area (Å²) in [6.45, 7) is 1.71. The highest BCUT2D eigenvalue weighted by molar-refractivity contribution is 14.1. The molecule has 1 fully saturated rings. The molecule has 1 heterocycles. The van der Waals surface area contributed by atoms with Crippen LogP contribution in [-0.4, -0.2) is 37.0 Å². The summed E-state index contributed by atoms with van der Waals surface area (Å²) >= 11 is 20.1. The highest BCUT2D eigenvalue weighted by Crippen LogP contribution is 2.36. The number of carbonyl (C=O) groups excluding carboxylic acids is 4. The number of rotatable bonds is 8. The number of imide groups is 2. The van der Waals surface area contributed by atoms with Crippen molar-refractivity contribution in [3.8, 4) is 11.5 Å². The molecule has 3 aromatic carbocycles. The number of amides is 5. The van der Waals surface area contributed by atoms with Crippen molar-refractivity contribution >= 4 is 98.6 Å². The Labute approximate surface area is 257 Å². The van der Waals surface area contributed by atoms with Crippen LogP contribution in [0.25, 0.3) is 6.08 Å². The first-order chi connectivity index (χ1) is 19.1. The van der Waals surface area contributed by atoms with Gasteiger partial charge in [-0.05, 0) is 83.6 Å². The van der Waals surface area contributed by atoms with Crippen LogP contribution >= 0.6 is 57.4 Å². The number of hydrogen-bond donors (Lipinski definition) is 2. The summed E-state index contributed by atoms with van der Waals surface area (Å²) < 4.78 is 12.0. The number of ether oxygens (including phenoxy) is 2. The van der Waals surface area contributed by atoms with Crippen LogP contribution in [-0.2, 0) is 14.4 Å². The Morgan fingerprint density at radius 1 is 1.00 bits per heavy atom. The van der Waals surface area contributed by atoms with Gasteiger partial charge in [0.25, 0.3) is 17.7 Å². The molecule has 3 aromatic rings. The van der Waals surface area contributed by atoms with E-state index < -0.39 is 23.8 Å². The van der Waals surface area contributed by atoms with Crippen LogP contribution in [0.15, 0.2) is 60.2 Å². The monoisotopic (exact) mass is 713 g/mol. The molecule has 13 heteroatoms. The largest absolute Gasteiger partial charge is 0.490 e. The fourth-order valence-electron chi connectivity index (χ4n) is 3.64. The number of benzene rings is 3. The lowest BCUT2D eigenvalue weighted by Gasteiger charge is -2.26. The molecule has 1 saturated heterocycles. The second-order valence-corrected chi connectivity index (χ2v) is 10.5. The van der Waals surface area contributed by atoms with Crippen LogP contribution < -0.4 is 25.0 Å². The Hall–Kier alpha value is -3.32. The van der Waals surface area contributed by atoms with Gasteiger partial charge in [0.2, 0.25) is 0 Å². The second kappa shape index (κ2) is 12.9. The van der Waals surface area contributed by atoms with E-state index in [1.165, 1.54) is 24.3 Å². The molecule has 0 radical (unpaired) electrons. The van der Waals surface area contributed by atoms with E-state index in [0.29, 0.717) is 25.6 Å². The second-order valence-electron chi connectivity index (χ2n) is 8.14. The normalized spacial score (nSPS) is 14.3. The molecule has 2 N–H and O–H groups in total. The van der Waals surface area contributed by atoms with E-state index in [1.807, 2.05) is 22.6 Å². The van der Waals surface area contributed by atoms with Crippen molar-refractivity contribution in [1.82, 2.24) is 5.32 Å². The van der Waals surface area contributed by atoms with Crippen LogP contribution in [0.5, 0.6) is 11.5 Å². The summed E-state index contributed by atoms with van der Waals surface area (Å²) in [6.07, 6.45) is 1.33. The highest BCUT2D eigenvalue weighted by atomic mass is 127. The number of para-hydroxylation sites is 1. The molecule has 9 nitrogen and oxygen atoms in total. The van der Waals surface area contributed by atoms with Gasteiger partial charge < -0.3 is 14.8 Å². The van der Waals surface area contributed by atoms with Gasteiger partial charge in [0.15, 0.2) is 18.1 Å². The average molecular weight is 715 g/mol. The first-order valence-corrected chi connectivity index (χ1v) is 13.8. The van der Waals surface area contributed by atoms with E-state index in [-0.39, 0.29) is 40.3 Å².